The third-order valence-corrected chi connectivity index (χ3v) is 18.2. The lowest BCUT2D eigenvalue weighted by Crippen LogP contribution is -2.62. The van der Waals surface area contributed by atoms with Gasteiger partial charge in [-0.15, -0.1) is 0 Å². The van der Waals surface area contributed by atoms with Gasteiger partial charge >= 0.3 is 11.9 Å². The molecule has 11 atom stereocenters. The van der Waals surface area contributed by atoms with Gasteiger partial charge in [-0.05, 0) is 179 Å². The average molecular weight is 1020 g/mol. The Labute approximate surface area is 437 Å². The predicted molar refractivity (Wildman–Crippen MR) is 283 cm³/mol. The normalized spacial score (nSPS) is 28.7. The molecule has 6 aromatic carbocycles. The van der Waals surface area contributed by atoms with Gasteiger partial charge in [0, 0.05) is 24.7 Å². The van der Waals surface area contributed by atoms with E-state index in [0.717, 1.165) is 55.3 Å². The van der Waals surface area contributed by atoms with Gasteiger partial charge in [-0.25, -0.2) is 0 Å². The molecule has 0 radical (unpaired) electrons. The maximum Gasteiger partial charge on any atom is 0.317 e. The van der Waals surface area contributed by atoms with E-state index in [2.05, 4.69) is 12.2 Å². The lowest BCUT2D eigenvalue weighted by molar-refractivity contribution is -0.179. The number of aliphatic hydroxyl groups excluding tert-OH is 2. The number of benzene rings is 6. The summed E-state index contributed by atoms with van der Waals surface area (Å²) in [5, 5.41) is 68.7. The van der Waals surface area contributed by atoms with E-state index in [0.29, 0.717) is 56.4 Å². The van der Waals surface area contributed by atoms with E-state index in [1.54, 1.807) is 24.3 Å². The number of phenolic OH excluding ortho intramolecular Hbond substituents is 3. The molecule has 0 amide bonds. The highest BCUT2D eigenvalue weighted by atomic mass is 16.6. The summed E-state index contributed by atoms with van der Waals surface area (Å²) in [4.78, 5) is 29.8. The summed E-state index contributed by atoms with van der Waals surface area (Å²) in [6.07, 6.45) is 4.11. The molecular weight excluding hydrogens is 949 g/mol. The minimum atomic E-state index is -1.58. The number of rotatable bonds is 12. The highest BCUT2D eigenvalue weighted by Crippen LogP contribution is 2.70. The second-order valence-electron chi connectivity index (χ2n) is 21.9. The van der Waals surface area contributed by atoms with Crippen LogP contribution in [0.1, 0.15) is 104 Å². The van der Waals surface area contributed by atoms with Crippen LogP contribution in [0, 0.1) is 29.1 Å². The highest BCUT2D eigenvalue weighted by Gasteiger charge is 2.66. The number of aromatic hydroxyl groups is 3. The van der Waals surface area contributed by atoms with Gasteiger partial charge in [-0.1, -0.05) is 91.4 Å². The molecule has 0 spiro atoms. The molecule has 5 aliphatic carbocycles. The fourth-order valence-electron chi connectivity index (χ4n) is 15.2. The monoisotopic (exact) mass is 1010 g/mol. The summed E-state index contributed by atoms with van der Waals surface area (Å²) in [5.41, 5.74) is 4.90. The minimum absolute atomic E-state index is 0.0119. The number of phenols is 3. The molecule has 0 heterocycles. The Morgan fingerprint density at radius 1 is 0.773 bits per heavy atom. The summed E-state index contributed by atoms with van der Waals surface area (Å²) < 4.78 is 25.3. The fourth-order valence-corrected chi connectivity index (χ4v) is 15.2. The quantitative estimate of drug-likeness (QED) is 0.0503. The molecule has 6 aromatic rings. The van der Waals surface area contributed by atoms with Crippen LogP contribution in [0.5, 0.6) is 28.7 Å². The standard InChI is InChI=1S/C63H66O12/c1-35(64)74-56-31-44(75-61(71)62(21-10-15-41(62)18-19-59(69)70)42-17-16-38-23-43(65)29-46(45(38)28-42)37-13-8-5-9-14-37)30-49-47-33-58(73-3)54(67)26-39(47)24-50-53(66)34-51-48-32-55(68)57(72-2)27-40(48)25-52(56)63(51,60(49)50)22-20-36-11-6-4-7-12-36/h4-9,11-14,16-17,20,22-23,26-29,32-33,41,44,49-53,56,59-60,65-70H,10,15,18-19,21,24-25,30-31,34H2,1-3H3/b22-20+/t41-,44-,49+,50+,51-,52+,53+,56+,60-,62-,63+/m0/s1. The number of allylic oxidation sites excluding steroid dienone is 1. The Balaban J connectivity index is 1.11. The maximum absolute atomic E-state index is 16.1. The number of methoxy groups -OCH3 is 2. The van der Waals surface area contributed by atoms with Crippen molar-refractivity contribution in [1.29, 1.82) is 0 Å². The summed E-state index contributed by atoms with van der Waals surface area (Å²) in [5.74, 6) is -2.53. The number of hydrogen-bond donors (Lipinski definition) is 6. The fraction of sp³-hybridized carbons (Fsp3) is 0.397. The topological polar surface area (TPSA) is 192 Å². The highest BCUT2D eigenvalue weighted by molar-refractivity contribution is 5.99. The van der Waals surface area contributed by atoms with Crippen LogP contribution in [-0.2, 0) is 37.3 Å². The van der Waals surface area contributed by atoms with Crippen molar-refractivity contribution < 1.29 is 59.2 Å². The molecule has 11 rings (SSSR count). The Morgan fingerprint density at radius 3 is 2.23 bits per heavy atom. The van der Waals surface area contributed by atoms with Gasteiger partial charge in [-0.3, -0.25) is 9.59 Å². The smallest absolute Gasteiger partial charge is 0.317 e. The molecular formula is C63H66O12. The van der Waals surface area contributed by atoms with Crippen LogP contribution in [0.2, 0.25) is 0 Å². The summed E-state index contributed by atoms with van der Waals surface area (Å²) in [6, 6.07) is 36.4. The van der Waals surface area contributed by atoms with Gasteiger partial charge in [-0.2, -0.15) is 0 Å². The Bertz CT molecular complexity index is 3150. The van der Waals surface area contributed by atoms with E-state index in [-0.39, 0.29) is 60.2 Å². The predicted octanol–water partition coefficient (Wildman–Crippen LogP) is 10.4. The van der Waals surface area contributed by atoms with Crippen LogP contribution in [0.25, 0.3) is 28.0 Å². The minimum Gasteiger partial charge on any atom is -0.508 e. The van der Waals surface area contributed by atoms with E-state index in [9.17, 15) is 35.4 Å². The second-order valence-corrected chi connectivity index (χ2v) is 21.9. The van der Waals surface area contributed by atoms with Gasteiger partial charge in [0.2, 0.25) is 0 Å². The Kier molecular flexibility index (Phi) is 13.4. The van der Waals surface area contributed by atoms with Crippen molar-refractivity contribution in [3.05, 3.63) is 155 Å². The molecule has 12 heteroatoms. The molecule has 3 fully saturated rings. The van der Waals surface area contributed by atoms with E-state index in [1.165, 1.54) is 21.1 Å². The number of hydrogen-bond acceptors (Lipinski definition) is 12. The van der Waals surface area contributed by atoms with E-state index >= 15 is 4.79 Å². The first-order valence-electron chi connectivity index (χ1n) is 26.5. The third-order valence-electron chi connectivity index (χ3n) is 18.2. The number of carbonyl (C=O) groups is 2. The summed E-state index contributed by atoms with van der Waals surface area (Å²) in [7, 11) is 3.03. The van der Waals surface area contributed by atoms with Crippen molar-refractivity contribution in [2.45, 2.75) is 113 Å². The van der Waals surface area contributed by atoms with Crippen LogP contribution in [-0.4, -0.2) is 81.4 Å². The van der Waals surface area contributed by atoms with Crippen LogP contribution in [0.15, 0.2) is 121 Å². The van der Waals surface area contributed by atoms with Crippen LogP contribution in [0.4, 0.5) is 0 Å². The van der Waals surface area contributed by atoms with Crippen molar-refractivity contribution in [2.75, 3.05) is 14.2 Å². The zero-order valence-corrected chi connectivity index (χ0v) is 42.6. The van der Waals surface area contributed by atoms with Crippen LogP contribution >= 0.6 is 0 Å². The van der Waals surface area contributed by atoms with Gasteiger partial charge in [0.05, 0.1) is 25.7 Å². The first-order chi connectivity index (χ1) is 36.2. The molecule has 0 aromatic heterocycles. The van der Waals surface area contributed by atoms with Crippen LogP contribution < -0.4 is 9.47 Å². The lowest BCUT2D eigenvalue weighted by Gasteiger charge is -2.64. The maximum atomic E-state index is 16.1. The molecule has 390 valence electrons. The van der Waals surface area contributed by atoms with Crippen molar-refractivity contribution >= 4 is 28.8 Å². The molecule has 3 saturated carbocycles. The molecule has 12 nitrogen and oxygen atoms in total. The van der Waals surface area contributed by atoms with Gasteiger partial charge in [0.25, 0.3) is 0 Å². The molecule has 0 saturated heterocycles. The number of aliphatic hydroxyl groups is 3. The van der Waals surface area contributed by atoms with Crippen LogP contribution in [0.3, 0.4) is 0 Å². The third kappa shape index (κ3) is 8.78. The number of esters is 2. The average Bonchev–Trinajstić information content (AvgIpc) is 3.84. The van der Waals surface area contributed by atoms with E-state index < -0.39 is 59.2 Å². The molecule has 0 bridgehead atoms. The van der Waals surface area contributed by atoms with Gasteiger partial charge in [0.1, 0.15) is 18.0 Å². The van der Waals surface area contributed by atoms with E-state index in [4.69, 9.17) is 18.9 Å². The van der Waals surface area contributed by atoms with Crippen molar-refractivity contribution in [2.24, 2.45) is 29.1 Å². The molecule has 6 N–H and O–H groups in total. The van der Waals surface area contributed by atoms with Crippen molar-refractivity contribution in [3.63, 3.8) is 0 Å². The van der Waals surface area contributed by atoms with Crippen molar-refractivity contribution in [3.8, 4) is 39.9 Å². The molecule has 75 heavy (non-hydrogen) atoms. The Morgan fingerprint density at radius 2 is 1.49 bits per heavy atom. The summed E-state index contributed by atoms with van der Waals surface area (Å²) in [6.45, 7) is 1.41. The Hall–Kier alpha value is -6.86. The molecule has 0 unspecified atom stereocenters. The summed E-state index contributed by atoms with van der Waals surface area (Å²) >= 11 is 0. The molecule has 5 aliphatic rings. The second kappa shape index (κ2) is 20.0. The molecule has 0 aliphatic heterocycles. The van der Waals surface area contributed by atoms with Gasteiger partial charge in [0.15, 0.2) is 29.3 Å². The first kappa shape index (κ1) is 50.3. The number of ether oxygens (including phenoxy) is 4. The van der Waals surface area contributed by atoms with Gasteiger partial charge < -0.3 is 49.6 Å². The zero-order valence-electron chi connectivity index (χ0n) is 42.6. The van der Waals surface area contributed by atoms with E-state index in [1.807, 2.05) is 91.0 Å². The van der Waals surface area contributed by atoms with Crippen molar-refractivity contribution in [1.82, 2.24) is 0 Å². The largest absolute Gasteiger partial charge is 0.508 e. The zero-order chi connectivity index (χ0) is 52.3. The number of fused-ring (bicyclic) bond motifs is 5. The first-order valence-corrected chi connectivity index (χ1v) is 26.5. The number of carbonyl (C=O) groups excluding carboxylic acids is 2. The SMILES string of the molecule is COc1cc2c(cc1O)[C@@H]1C[C@@H](O)[C@H]3Cc4cc(O)c(OC)cc4[C@H]4C[C@H](OC(=O)[C@@]5(c6ccc7cc(O)cc(-c8ccccc8)c7c6)CCC[C@H]5CCC(O)O)C[C@@H](OC(C)=O)[C@@H](C2)[C@]1(/C=C/c1ccccc1)[C@H]34. The lowest BCUT2D eigenvalue weighted by atomic mass is 9.40.